The van der Waals surface area contributed by atoms with Gasteiger partial charge in [0.15, 0.2) is 5.78 Å². The number of piperazine rings is 1. The van der Waals surface area contributed by atoms with Gasteiger partial charge in [0.05, 0.1) is 0 Å². The third-order valence-corrected chi connectivity index (χ3v) is 3.67. The molecule has 1 saturated heterocycles. The molecular formula is C15H23N3O. The largest absolute Gasteiger partial charge is 0.373 e. The summed E-state index contributed by atoms with van der Waals surface area (Å²) < 4.78 is 0. The average molecular weight is 261 g/mol. The second-order valence-electron chi connectivity index (χ2n) is 5.40. The summed E-state index contributed by atoms with van der Waals surface area (Å²) >= 11 is 0. The molecule has 1 aliphatic rings. The highest BCUT2D eigenvalue weighted by Gasteiger charge is 2.18. The molecule has 19 heavy (non-hydrogen) atoms. The zero-order valence-electron chi connectivity index (χ0n) is 12.0. The molecule has 1 aromatic rings. The van der Waals surface area contributed by atoms with Crippen LogP contribution in [0.5, 0.6) is 0 Å². The number of ketones is 1. The lowest BCUT2D eigenvalue weighted by Gasteiger charge is -2.34. The van der Waals surface area contributed by atoms with Gasteiger partial charge in [0, 0.05) is 50.5 Å². The molecule has 1 aromatic carbocycles. The molecule has 1 unspecified atom stereocenters. The van der Waals surface area contributed by atoms with E-state index in [1.165, 1.54) is 0 Å². The van der Waals surface area contributed by atoms with Crippen LogP contribution in [0, 0.1) is 0 Å². The van der Waals surface area contributed by atoms with Crippen molar-refractivity contribution < 1.29 is 4.79 Å². The van der Waals surface area contributed by atoms with Gasteiger partial charge in [-0.05, 0) is 38.2 Å². The number of anilines is 1. The summed E-state index contributed by atoms with van der Waals surface area (Å²) in [5.74, 6) is 0.116. The summed E-state index contributed by atoms with van der Waals surface area (Å²) in [5.41, 5.74) is 1.92. The predicted octanol–water partition coefficient (Wildman–Crippen LogP) is 1.23. The molecule has 4 heteroatoms. The standard InChI is InChI=1S/C15H23N3O/c1-12(19)13-4-6-15(7-5-13)18(3)11-14-10-17(2)9-8-16-14/h4-7,14,16H,8-11H2,1-3H3. The van der Waals surface area contributed by atoms with Gasteiger partial charge in [0.1, 0.15) is 0 Å². The Balaban J connectivity index is 1.95. The van der Waals surface area contributed by atoms with Gasteiger partial charge in [-0.2, -0.15) is 0 Å². The number of carbonyl (C=O) groups excluding carboxylic acids is 1. The molecular weight excluding hydrogens is 238 g/mol. The van der Waals surface area contributed by atoms with E-state index < -0.39 is 0 Å². The number of hydrogen-bond donors (Lipinski definition) is 1. The lowest BCUT2D eigenvalue weighted by molar-refractivity contribution is 0.101. The SMILES string of the molecule is CC(=O)c1ccc(N(C)CC2CN(C)CCN2)cc1. The Morgan fingerprint density at radius 3 is 2.68 bits per heavy atom. The third kappa shape index (κ3) is 3.78. The van der Waals surface area contributed by atoms with E-state index in [-0.39, 0.29) is 5.78 Å². The molecule has 0 bridgehead atoms. The van der Waals surface area contributed by atoms with E-state index in [9.17, 15) is 4.79 Å². The normalized spacial score (nSPS) is 20.3. The Hall–Kier alpha value is -1.39. The van der Waals surface area contributed by atoms with E-state index in [2.05, 4.69) is 29.2 Å². The topological polar surface area (TPSA) is 35.6 Å². The maximum absolute atomic E-state index is 11.3. The van der Waals surface area contributed by atoms with Crippen LogP contribution in [0.15, 0.2) is 24.3 Å². The van der Waals surface area contributed by atoms with E-state index in [0.717, 1.165) is 37.4 Å². The van der Waals surface area contributed by atoms with Gasteiger partial charge < -0.3 is 15.1 Å². The first-order valence-electron chi connectivity index (χ1n) is 6.80. The van der Waals surface area contributed by atoms with Crippen LogP contribution in [0.3, 0.4) is 0 Å². The molecule has 0 spiro atoms. The maximum Gasteiger partial charge on any atom is 0.159 e. The minimum Gasteiger partial charge on any atom is -0.373 e. The van der Waals surface area contributed by atoms with Crippen molar-refractivity contribution in [3.8, 4) is 0 Å². The summed E-state index contributed by atoms with van der Waals surface area (Å²) in [6.45, 7) is 5.83. The summed E-state index contributed by atoms with van der Waals surface area (Å²) in [4.78, 5) is 15.8. The molecule has 1 atom stereocenters. The minimum atomic E-state index is 0.116. The molecule has 0 saturated carbocycles. The van der Waals surface area contributed by atoms with Crippen molar-refractivity contribution in [1.82, 2.24) is 10.2 Å². The van der Waals surface area contributed by atoms with Gasteiger partial charge in [0.2, 0.25) is 0 Å². The molecule has 104 valence electrons. The van der Waals surface area contributed by atoms with E-state index in [1.807, 2.05) is 24.3 Å². The second kappa shape index (κ2) is 6.17. The van der Waals surface area contributed by atoms with Crippen molar-refractivity contribution in [1.29, 1.82) is 0 Å². The van der Waals surface area contributed by atoms with Gasteiger partial charge in [-0.15, -0.1) is 0 Å². The van der Waals surface area contributed by atoms with Crippen LogP contribution in [0.2, 0.25) is 0 Å². The van der Waals surface area contributed by atoms with Crippen LogP contribution in [0.25, 0.3) is 0 Å². The fourth-order valence-electron chi connectivity index (χ4n) is 2.50. The van der Waals surface area contributed by atoms with E-state index >= 15 is 0 Å². The maximum atomic E-state index is 11.3. The van der Waals surface area contributed by atoms with Gasteiger partial charge in [-0.3, -0.25) is 4.79 Å². The summed E-state index contributed by atoms with van der Waals surface area (Å²) in [7, 11) is 4.26. The Labute approximate surface area is 115 Å². The fraction of sp³-hybridized carbons (Fsp3) is 0.533. The molecule has 1 aliphatic heterocycles. The van der Waals surface area contributed by atoms with Gasteiger partial charge in [0.25, 0.3) is 0 Å². The molecule has 1 heterocycles. The number of nitrogens with zero attached hydrogens (tertiary/aromatic N) is 2. The Morgan fingerprint density at radius 1 is 1.42 bits per heavy atom. The summed E-state index contributed by atoms with van der Waals surface area (Å²) in [5, 5.41) is 3.54. The molecule has 2 rings (SSSR count). The number of rotatable bonds is 4. The van der Waals surface area contributed by atoms with Crippen LogP contribution in [0.1, 0.15) is 17.3 Å². The van der Waals surface area contributed by atoms with E-state index in [1.54, 1.807) is 6.92 Å². The first-order valence-corrected chi connectivity index (χ1v) is 6.80. The lowest BCUT2D eigenvalue weighted by Crippen LogP contribution is -2.53. The fourth-order valence-corrected chi connectivity index (χ4v) is 2.50. The van der Waals surface area contributed by atoms with Crippen LogP contribution in [-0.2, 0) is 0 Å². The quantitative estimate of drug-likeness (QED) is 0.827. The van der Waals surface area contributed by atoms with E-state index in [4.69, 9.17) is 0 Å². The summed E-state index contributed by atoms with van der Waals surface area (Å²) in [6.07, 6.45) is 0. The number of hydrogen-bond acceptors (Lipinski definition) is 4. The molecule has 0 radical (unpaired) electrons. The van der Waals surface area contributed by atoms with Crippen molar-refractivity contribution in [2.75, 3.05) is 45.2 Å². The molecule has 0 aliphatic carbocycles. The summed E-state index contributed by atoms with van der Waals surface area (Å²) in [6, 6.07) is 8.33. The van der Waals surface area contributed by atoms with Crippen molar-refractivity contribution in [2.45, 2.75) is 13.0 Å². The Kier molecular flexibility index (Phi) is 4.56. The molecule has 0 aromatic heterocycles. The number of benzene rings is 1. The number of likely N-dealkylation sites (N-methyl/N-ethyl adjacent to an activating group) is 2. The molecule has 1 fully saturated rings. The zero-order valence-corrected chi connectivity index (χ0v) is 12.0. The highest BCUT2D eigenvalue weighted by atomic mass is 16.1. The van der Waals surface area contributed by atoms with E-state index in [0.29, 0.717) is 6.04 Å². The van der Waals surface area contributed by atoms with Gasteiger partial charge in [-0.25, -0.2) is 0 Å². The van der Waals surface area contributed by atoms with Gasteiger partial charge >= 0.3 is 0 Å². The monoisotopic (exact) mass is 261 g/mol. The number of carbonyl (C=O) groups is 1. The Morgan fingerprint density at radius 2 is 2.11 bits per heavy atom. The highest BCUT2D eigenvalue weighted by Crippen LogP contribution is 2.15. The number of nitrogens with one attached hydrogen (secondary N) is 1. The smallest absolute Gasteiger partial charge is 0.159 e. The third-order valence-electron chi connectivity index (χ3n) is 3.67. The molecule has 0 amide bonds. The second-order valence-corrected chi connectivity index (χ2v) is 5.40. The van der Waals surface area contributed by atoms with Crippen LogP contribution >= 0.6 is 0 Å². The zero-order chi connectivity index (χ0) is 13.8. The van der Waals surface area contributed by atoms with Crippen molar-refractivity contribution in [3.63, 3.8) is 0 Å². The van der Waals surface area contributed by atoms with Crippen molar-refractivity contribution in [3.05, 3.63) is 29.8 Å². The first-order chi connectivity index (χ1) is 9.06. The average Bonchev–Trinajstić information content (AvgIpc) is 2.39. The van der Waals surface area contributed by atoms with Crippen molar-refractivity contribution in [2.24, 2.45) is 0 Å². The van der Waals surface area contributed by atoms with Crippen LogP contribution in [-0.4, -0.2) is 57.0 Å². The number of Topliss-reactive ketones (excluding diaryl/α,β-unsaturated/α-hetero) is 1. The molecule has 4 nitrogen and oxygen atoms in total. The van der Waals surface area contributed by atoms with Crippen LogP contribution < -0.4 is 10.2 Å². The van der Waals surface area contributed by atoms with Crippen LogP contribution in [0.4, 0.5) is 5.69 Å². The lowest BCUT2D eigenvalue weighted by atomic mass is 10.1. The highest BCUT2D eigenvalue weighted by molar-refractivity contribution is 5.94. The Bertz CT molecular complexity index is 430. The predicted molar refractivity (Wildman–Crippen MR) is 79.0 cm³/mol. The first kappa shape index (κ1) is 14.0. The van der Waals surface area contributed by atoms with Crippen molar-refractivity contribution >= 4 is 11.5 Å². The minimum absolute atomic E-state index is 0.116. The van der Waals surface area contributed by atoms with Gasteiger partial charge in [-0.1, -0.05) is 0 Å². The molecule has 1 N–H and O–H groups in total.